The number of nitrogens with zero attached hydrogens (tertiary/aromatic N) is 2. The lowest BCUT2D eigenvalue weighted by Gasteiger charge is -2.10. The normalized spacial score (nSPS) is 10.2. The third kappa shape index (κ3) is 1.99. The van der Waals surface area contributed by atoms with Gasteiger partial charge in [-0.25, -0.2) is 9.48 Å². The van der Waals surface area contributed by atoms with E-state index in [0.717, 1.165) is 5.56 Å². The molecule has 0 unspecified atom stereocenters. The molecule has 1 N–H and O–H groups in total. The molecule has 5 nitrogen and oxygen atoms in total. The maximum atomic E-state index is 11.3. The van der Waals surface area contributed by atoms with E-state index >= 15 is 0 Å². The van der Waals surface area contributed by atoms with Gasteiger partial charge in [0.15, 0.2) is 0 Å². The van der Waals surface area contributed by atoms with Gasteiger partial charge in [0.25, 0.3) is 0 Å². The Hall–Kier alpha value is -2.30. The number of benzene rings is 1. The molecule has 88 valence electrons. The van der Waals surface area contributed by atoms with E-state index in [1.54, 1.807) is 30.6 Å². The Morgan fingerprint density at radius 1 is 1.47 bits per heavy atom. The third-order valence-electron chi connectivity index (χ3n) is 2.40. The van der Waals surface area contributed by atoms with Gasteiger partial charge in [-0.3, -0.25) is 0 Å². The van der Waals surface area contributed by atoms with Crippen LogP contribution in [-0.4, -0.2) is 28.0 Å². The molecule has 1 aromatic heterocycles. The van der Waals surface area contributed by atoms with Crippen LogP contribution in [0.3, 0.4) is 0 Å². The molecule has 5 heteroatoms. The first kappa shape index (κ1) is 11.2. The summed E-state index contributed by atoms with van der Waals surface area (Å²) >= 11 is 0. The number of rotatable bonds is 3. The van der Waals surface area contributed by atoms with Gasteiger partial charge in [-0.2, -0.15) is 5.10 Å². The number of aryl methyl sites for hydroxylation is 1. The number of hydrogen-bond acceptors (Lipinski definition) is 3. The van der Waals surface area contributed by atoms with Crippen molar-refractivity contribution in [3.8, 4) is 11.4 Å². The number of ether oxygens (including phenoxy) is 1. The average Bonchev–Trinajstić information content (AvgIpc) is 2.74. The van der Waals surface area contributed by atoms with E-state index in [2.05, 4.69) is 5.10 Å². The minimum atomic E-state index is -1.04. The summed E-state index contributed by atoms with van der Waals surface area (Å²) in [7, 11) is 1.44. The molecular formula is C12H12N2O3. The predicted octanol–water partition coefficient (Wildman–Crippen LogP) is 1.89. The summed E-state index contributed by atoms with van der Waals surface area (Å²) in [5, 5.41) is 13.3. The minimum absolute atomic E-state index is 0.109. The maximum Gasteiger partial charge on any atom is 0.341 e. The van der Waals surface area contributed by atoms with Crippen LogP contribution < -0.4 is 4.74 Å². The van der Waals surface area contributed by atoms with Gasteiger partial charge in [-0.05, 0) is 24.6 Å². The van der Waals surface area contributed by atoms with Gasteiger partial charge in [0.1, 0.15) is 11.3 Å². The summed E-state index contributed by atoms with van der Waals surface area (Å²) in [5.41, 5.74) is 1.56. The highest BCUT2D eigenvalue weighted by Gasteiger charge is 2.17. The van der Waals surface area contributed by atoms with Crippen LogP contribution in [0.1, 0.15) is 15.9 Å². The van der Waals surface area contributed by atoms with Crippen molar-refractivity contribution in [3.05, 3.63) is 41.7 Å². The minimum Gasteiger partial charge on any atom is -0.496 e. The van der Waals surface area contributed by atoms with Gasteiger partial charge in [-0.1, -0.05) is 6.07 Å². The highest BCUT2D eigenvalue weighted by Crippen LogP contribution is 2.25. The molecule has 0 saturated carbocycles. The topological polar surface area (TPSA) is 64.4 Å². The van der Waals surface area contributed by atoms with Gasteiger partial charge < -0.3 is 9.84 Å². The fraction of sp³-hybridized carbons (Fsp3) is 0.167. The third-order valence-corrected chi connectivity index (χ3v) is 2.40. The molecule has 17 heavy (non-hydrogen) atoms. The Balaban J connectivity index is 2.65. The summed E-state index contributed by atoms with van der Waals surface area (Å²) in [5.74, 6) is -0.714. The Morgan fingerprint density at radius 3 is 2.76 bits per heavy atom. The highest BCUT2D eigenvalue weighted by molar-refractivity contribution is 5.95. The number of aromatic carboxylic acids is 1. The van der Waals surface area contributed by atoms with E-state index in [1.165, 1.54) is 11.8 Å². The second-order valence-corrected chi connectivity index (χ2v) is 3.62. The molecule has 0 amide bonds. The van der Waals surface area contributed by atoms with E-state index < -0.39 is 5.97 Å². The predicted molar refractivity (Wildman–Crippen MR) is 61.8 cm³/mol. The largest absolute Gasteiger partial charge is 0.496 e. The van der Waals surface area contributed by atoms with E-state index in [9.17, 15) is 9.90 Å². The van der Waals surface area contributed by atoms with Crippen LogP contribution in [0.2, 0.25) is 0 Å². The van der Waals surface area contributed by atoms with Crippen molar-refractivity contribution in [2.75, 3.05) is 7.11 Å². The zero-order valence-corrected chi connectivity index (χ0v) is 9.54. The fourth-order valence-electron chi connectivity index (χ4n) is 1.64. The number of carbonyl (C=O) groups is 1. The van der Waals surface area contributed by atoms with Gasteiger partial charge in [-0.15, -0.1) is 0 Å². The van der Waals surface area contributed by atoms with Crippen molar-refractivity contribution in [1.29, 1.82) is 0 Å². The first-order chi connectivity index (χ1) is 8.13. The molecule has 2 rings (SSSR count). The average molecular weight is 232 g/mol. The Morgan fingerprint density at radius 2 is 2.24 bits per heavy atom. The van der Waals surface area contributed by atoms with Crippen molar-refractivity contribution in [2.45, 2.75) is 6.92 Å². The first-order valence-electron chi connectivity index (χ1n) is 5.05. The number of carboxylic acid groups (broad SMARTS) is 1. The molecule has 0 aliphatic rings. The van der Waals surface area contributed by atoms with Crippen LogP contribution >= 0.6 is 0 Å². The van der Waals surface area contributed by atoms with E-state index in [4.69, 9.17) is 4.74 Å². The van der Waals surface area contributed by atoms with Crippen molar-refractivity contribution in [1.82, 2.24) is 9.78 Å². The monoisotopic (exact) mass is 232 g/mol. The van der Waals surface area contributed by atoms with Gasteiger partial charge in [0, 0.05) is 6.20 Å². The molecule has 0 aliphatic carbocycles. The SMILES string of the molecule is COc1cccc(-n2cc(C)cn2)c1C(=O)O. The molecule has 0 radical (unpaired) electrons. The molecule has 1 heterocycles. The van der Waals surface area contributed by atoms with Crippen molar-refractivity contribution in [3.63, 3.8) is 0 Å². The molecule has 0 spiro atoms. The van der Waals surface area contributed by atoms with Crippen LogP contribution in [0.25, 0.3) is 5.69 Å². The van der Waals surface area contributed by atoms with Crippen LogP contribution in [0, 0.1) is 6.92 Å². The Kier molecular flexibility index (Phi) is 2.82. The Labute approximate surface area is 98.3 Å². The number of aromatic nitrogens is 2. The summed E-state index contributed by atoms with van der Waals surface area (Å²) < 4.78 is 6.58. The van der Waals surface area contributed by atoms with Crippen LogP contribution in [-0.2, 0) is 0 Å². The summed E-state index contributed by atoms with van der Waals surface area (Å²) in [6, 6.07) is 5.04. The lowest BCUT2D eigenvalue weighted by Crippen LogP contribution is -2.08. The quantitative estimate of drug-likeness (QED) is 0.877. The molecule has 0 fully saturated rings. The number of hydrogen-bond donors (Lipinski definition) is 1. The van der Waals surface area contributed by atoms with Crippen molar-refractivity contribution < 1.29 is 14.6 Å². The van der Waals surface area contributed by atoms with Crippen LogP contribution in [0.15, 0.2) is 30.6 Å². The molecule has 1 aromatic carbocycles. The van der Waals surface area contributed by atoms with Gasteiger partial charge in [0.2, 0.25) is 0 Å². The second-order valence-electron chi connectivity index (χ2n) is 3.62. The molecule has 0 aliphatic heterocycles. The summed E-state index contributed by atoms with van der Waals surface area (Å²) in [4.78, 5) is 11.3. The van der Waals surface area contributed by atoms with E-state index in [0.29, 0.717) is 11.4 Å². The molecular weight excluding hydrogens is 220 g/mol. The zero-order chi connectivity index (χ0) is 12.4. The molecule has 2 aromatic rings. The molecule has 0 atom stereocenters. The van der Waals surface area contributed by atoms with E-state index in [-0.39, 0.29) is 5.56 Å². The van der Waals surface area contributed by atoms with Crippen LogP contribution in [0.5, 0.6) is 5.75 Å². The number of carboxylic acids is 1. The zero-order valence-electron chi connectivity index (χ0n) is 9.54. The lowest BCUT2D eigenvalue weighted by molar-refractivity contribution is 0.0693. The number of methoxy groups -OCH3 is 1. The first-order valence-corrected chi connectivity index (χ1v) is 5.05. The summed E-state index contributed by atoms with van der Waals surface area (Å²) in [6.45, 7) is 1.89. The summed E-state index contributed by atoms with van der Waals surface area (Å²) in [6.07, 6.45) is 3.44. The van der Waals surface area contributed by atoms with Crippen molar-refractivity contribution >= 4 is 5.97 Å². The molecule has 0 saturated heterocycles. The van der Waals surface area contributed by atoms with Crippen LogP contribution in [0.4, 0.5) is 0 Å². The molecule has 0 bridgehead atoms. The van der Waals surface area contributed by atoms with Gasteiger partial charge in [0.05, 0.1) is 19.0 Å². The second kappa shape index (κ2) is 4.29. The fourth-order valence-corrected chi connectivity index (χ4v) is 1.64. The standard InChI is InChI=1S/C12H12N2O3/c1-8-6-13-14(7-8)9-4-3-5-10(17-2)11(9)12(15)16/h3-7H,1-2H3,(H,15,16). The van der Waals surface area contributed by atoms with Gasteiger partial charge >= 0.3 is 5.97 Å². The smallest absolute Gasteiger partial charge is 0.341 e. The van der Waals surface area contributed by atoms with E-state index in [1.807, 2.05) is 6.92 Å². The lowest BCUT2D eigenvalue weighted by atomic mass is 10.1. The highest BCUT2D eigenvalue weighted by atomic mass is 16.5. The Bertz CT molecular complexity index is 561. The maximum absolute atomic E-state index is 11.3. The van der Waals surface area contributed by atoms with Crippen molar-refractivity contribution in [2.24, 2.45) is 0 Å².